The van der Waals surface area contributed by atoms with Crippen LogP contribution in [0.5, 0.6) is 0 Å². The fourth-order valence-corrected chi connectivity index (χ4v) is 1.36. The predicted octanol–water partition coefficient (Wildman–Crippen LogP) is -0.792. The first kappa shape index (κ1) is 13.8. The minimum Gasteiger partial charge on any atom is -0.380 e. The van der Waals surface area contributed by atoms with Crippen LogP contribution in [0.2, 0.25) is 0 Å². The van der Waals surface area contributed by atoms with Gasteiger partial charge in [-0.1, -0.05) is 26.2 Å². The van der Waals surface area contributed by atoms with Crippen LogP contribution in [0.1, 0.15) is 19.8 Å². The third-order valence-electron chi connectivity index (χ3n) is 2.16. The van der Waals surface area contributed by atoms with E-state index in [-0.39, 0.29) is 13.2 Å². The van der Waals surface area contributed by atoms with Gasteiger partial charge in [0, 0.05) is 6.61 Å². The summed E-state index contributed by atoms with van der Waals surface area (Å²) in [4.78, 5) is 35.8. The van der Waals surface area contributed by atoms with E-state index in [9.17, 15) is 14.4 Å². The van der Waals surface area contributed by atoms with Crippen LogP contribution in [0.3, 0.4) is 0 Å². The number of unbranched alkanes of at least 4 members (excludes halogenated alkanes) is 1. The maximum atomic E-state index is 11.5. The molecule has 0 fully saturated rings. The first-order valence-electron chi connectivity index (χ1n) is 5.31. The van der Waals surface area contributed by atoms with Gasteiger partial charge in [0.15, 0.2) is 0 Å². The number of hydrogen-bond acceptors (Lipinski definition) is 5. The number of nitrogens with one attached hydrogen (secondary N) is 1. The summed E-state index contributed by atoms with van der Waals surface area (Å²) in [5.41, 5.74) is -2.35. The van der Waals surface area contributed by atoms with Gasteiger partial charge in [0.2, 0.25) is 0 Å². The van der Waals surface area contributed by atoms with Crippen molar-refractivity contribution in [2.24, 2.45) is 0 Å². The molecule has 0 aromatic carbocycles. The molecule has 0 unspecified atom stereocenters. The van der Waals surface area contributed by atoms with Gasteiger partial charge in [-0.05, 0) is 6.42 Å². The molecule has 1 rings (SSSR count). The van der Waals surface area contributed by atoms with Crippen LogP contribution in [0.4, 0.5) is 0 Å². The Balaban J connectivity index is 2.72. The molecule has 0 saturated carbocycles. The molecule has 0 atom stereocenters. The Bertz CT molecular complexity index is 530. The lowest BCUT2D eigenvalue weighted by Gasteiger charge is -2.05. The van der Waals surface area contributed by atoms with Crippen molar-refractivity contribution in [3.63, 3.8) is 0 Å². The molecule has 17 heavy (non-hydrogen) atoms. The quantitative estimate of drug-likeness (QED) is 0.519. The van der Waals surface area contributed by atoms with Gasteiger partial charge in [-0.3, -0.25) is 4.98 Å². The monoisotopic (exact) mass is 261 g/mol. The van der Waals surface area contributed by atoms with E-state index in [1.54, 1.807) is 0 Å². The predicted molar refractivity (Wildman–Crippen MR) is 65.7 cm³/mol. The van der Waals surface area contributed by atoms with Gasteiger partial charge in [0.05, 0.1) is 13.2 Å². The van der Waals surface area contributed by atoms with E-state index >= 15 is 0 Å². The number of ether oxygens (including phenoxy) is 1. The van der Waals surface area contributed by atoms with Crippen LogP contribution >= 0.6 is 12.8 Å². The van der Waals surface area contributed by atoms with E-state index in [4.69, 9.17) is 4.74 Å². The van der Waals surface area contributed by atoms with E-state index in [0.29, 0.717) is 10.6 Å². The van der Waals surface area contributed by atoms with E-state index in [0.717, 1.165) is 17.4 Å². The summed E-state index contributed by atoms with van der Waals surface area (Å²) < 4.78 is 6.66. The minimum absolute atomic E-state index is 0.0960. The molecule has 1 aromatic rings. The fourth-order valence-electron chi connectivity index (χ4n) is 1.20. The minimum atomic E-state index is -0.841. The van der Waals surface area contributed by atoms with Crippen molar-refractivity contribution in [1.29, 1.82) is 0 Å². The van der Waals surface area contributed by atoms with E-state index in [1.165, 1.54) is 0 Å². The second-order valence-corrected chi connectivity index (χ2v) is 3.85. The largest absolute Gasteiger partial charge is 0.380 e. The summed E-state index contributed by atoms with van der Waals surface area (Å²) >= 11 is 3.67. The summed E-state index contributed by atoms with van der Waals surface area (Å²) in [7, 11) is 0. The average molecular weight is 261 g/mol. The van der Waals surface area contributed by atoms with Crippen molar-refractivity contribution < 1.29 is 4.74 Å². The van der Waals surface area contributed by atoms with Crippen LogP contribution < -0.4 is 17.1 Å². The van der Waals surface area contributed by atoms with Crippen LogP contribution in [0.25, 0.3) is 0 Å². The number of H-pyrrole nitrogens is 1. The van der Waals surface area contributed by atoms with E-state index in [1.807, 2.05) is 11.9 Å². The van der Waals surface area contributed by atoms with Crippen LogP contribution in [0, 0.1) is 0 Å². The Hall–Kier alpha value is -1.28. The van der Waals surface area contributed by atoms with Crippen LogP contribution in [-0.4, -0.2) is 26.7 Å². The zero-order valence-electron chi connectivity index (χ0n) is 9.51. The van der Waals surface area contributed by atoms with Gasteiger partial charge in [-0.15, -0.1) is 0 Å². The third-order valence-corrected chi connectivity index (χ3v) is 2.52. The maximum absolute atomic E-state index is 11.5. The molecule has 0 radical (unpaired) electrons. The Morgan fingerprint density at radius 2 is 1.94 bits per heavy atom. The van der Waals surface area contributed by atoms with Gasteiger partial charge in [0.1, 0.15) is 0 Å². The molecule has 7 nitrogen and oxygen atoms in total. The number of thiol groups is 1. The number of aromatic nitrogens is 3. The Kier molecular flexibility index (Phi) is 5.23. The number of rotatable bonds is 6. The van der Waals surface area contributed by atoms with Gasteiger partial charge in [-0.2, -0.15) is 3.97 Å². The van der Waals surface area contributed by atoms with Gasteiger partial charge in [-0.25, -0.2) is 19.0 Å². The molecule has 1 N–H and O–H groups in total. The SMILES string of the molecule is CCCCOCCn1c(=O)[nH]c(=O)n(S)c1=O. The average Bonchev–Trinajstić information content (AvgIpc) is 2.30. The van der Waals surface area contributed by atoms with Crippen molar-refractivity contribution >= 4 is 12.8 Å². The normalized spacial score (nSPS) is 10.7. The lowest BCUT2D eigenvalue weighted by atomic mass is 10.4. The van der Waals surface area contributed by atoms with E-state index < -0.39 is 17.1 Å². The second kappa shape index (κ2) is 6.45. The molecule has 0 aliphatic rings. The number of nitrogens with zero attached hydrogens (tertiary/aromatic N) is 2. The number of aromatic amines is 1. The van der Waals surface area contributed by atoms with Crippen LogP contribution in [0.15, 0.2) is 14.4 Å². The molecule has 8 heteroatoms. The summed E-state index contributed by atoms with van der Waals surface area (Å²) in [5, 5.41) is 0. The van der Waals surface area contributed by atoms with Crippen LogP contribution in [-0.2, 0) is 11.3 Å². The molecule has 0 spiro atoms. The molecule has 0 aliphatic heterocycles. The zero-order valence-corrected chi connectivity index (χ0v) is 10.4. The lowest BCUT2D eigenvalue weighted by Crippen LogP contribution is -2.47. The Morgan fingerprint density at radius 1 is 1.24 bits per heavy atom. The van der Waals surface area contributed by atoms with Crippen molar-refractivity contribution in [2.75, 3.05) is 13.2 Å². The second-order valence-electron chi connectivity index (χ2n) is 3.45. The highest BCUT2D eigenvalue weighted by Crippen LogP contribution is 1.87. The molecular weight excluding hydrogens is 246 g/mol. The fraction of sp³-hybridized carbons (Fsp3) is 0.667. The molecule has 0 saturated heterocycles. The van der Waals surface area contributed by atoms with Crippen molar-refractivity contribution in [3.8, 4) is 0 Å². The van der Waals surface area contributed by atoms with Crippen molar-refractivity contribution in [2.45, 2.75) is 26.3 Å². The zero-order chi connectivity index (χ0) is 12.8. The molecule has 0 bridgehead atoms. The van der Waals surface area contributed by atoms with Crippen molar-refractivity contribution in [1.82, 2.24) is 13.5 Å². The van der Waals surface area contributed by atoms with Gasteiger partial charge >= 0.3 is 17.1 Å². The lowest BCUT2D eigenvalue weighted by molar-refractivity contribution is 0.121. The molecule has 0 amide bonds. The molecular formula is C9H15N3O4S. The van der Waals surface area contributed by atoms with E-state index in [2.05, 4.69) is 12.8 Å². The summed E-state index contributed by atoms with van der Waals surface area (Å²) in [6, 6.07) is 0. The first-order chi connectivity index (χ1) is 8.07. The highest BCUT2D eigenvalue weighted by molar-refractivity contribution is 7.78. The topological polar surface area (TPSA) is 86.1 Å². The molecule has 0 aliphatic carbocycles. The van der Waals surface area contributed by atoms with Gasteiger partial charge < -0.3 is 4.74 Å². The molecule has 1 heterocycles. The number of hydrogen-bond donors (Lipinski definition) is 2. The molecule has 96 valence electrons. The van der Waals surface area contributed by atoms with Gasteiger partial charge in [0.25, 0.3) is 0 Å². The highest BCUT2D eigenvalue weighted by atomic mass is 32.1. The maximum Gasteiger partial charge on any atom is 0.346 e. The highest BCUT2D eigenvalue weighted by Gasteiger charge is 2.06. The van der Waals surface area contributed by atoms with Crippen molar-refractivity contribution in [3.05, 3.63) is 31.5 Å². The third kappa shape index (κ3) is 3.60. The standard InChI is InChI=1S/C9H15N3O4S/c1-2-3-5-16-6-4-11-7(13)10-8(14)12(17)9(11)15/h17H,2-6H2,1H3,(H,10,13,14). The Labute approximate surface area is 103 Å². The Morgan fingerprint density at radius 3 is 2.59 bits per heavy atom. The smallest absolute Gasteiger partial charge is 0.346 e. The summed E-state index contributed by atoms with van der Waals surface area (Å²) in [5.74, 6) is 0. The summed E-state index contributed by atoms with van der Waals surface area (Å²) in [6.45, 7) is 2.96. The molecule has 1 aromatic heterocycles. The first-order valence-corrected chi connectivity index (χ1v) is 5.71. The summed E-state index contributed by atoms with van der Waals surface area (Å²) in [6.07, 6.45) is 1.94.